The van der Waals surface area contributed by atoms with E-state index in [1.807, 2.05) is 13.8 Å². The quantitative estimate of drug-likeness (QED) is 0.404. The van der Waals surface area contributed by atoms with Gasteiger partial charge in [0.1, 0.15) is 11.4 Å². The molecule has 8 heteroatoms. The van der Waals surface area contributed by atoms with Crippen molar-refractivity contribution < 1.29 is 19.2 Å². The number of nitrogens with one attached hydrogen (secondary N) is 2. The van der Waals surface area contributed by atoms with Crippen molar-refractivity contribution in [1.82, 2.24) is 10.6 Å². The standard InChI is InChI=1S/C21H23N3O5/c1-14(2)13-22-21(26)19(12-15-5-4-6-17(11-15)24(27)28)23-20(25)16-7-9-18(29-3)10-8-16/h4-12,14H,13H2,1-3H3,(H,22,26)(H,23,25)/b19-12-. The smallest absolute Gasteiger partial charge is 0.270 e. The van der Waals surface area contributed by atoms with Gasteiger partial charge < -0.3 is 15.4 Å². The van der Waals surface area contributed by atoms with Gasteiger partial charge in [-0.1, -0.05) is 26.0 Å². The lowest BCUT2D eigenvalue weighted by atomic mass is 10.1. The van der Waals surface area contributed by atoms with E-state index >= 15 is 0 Å². The molecule has 0 aliphatic carbocycles. The van der Waals surface area contributed by atoms with Gasteiger partial charge in [-0.3, -0.25) is 19.7 Å². The highest BCUT2D eigenvalue weighted by atomic mass is 16.6. The van der Waals surface area contributed by atoms with Crippen LogP contribution in [0.15, 0.2) is 54.2 Å². The number of rotatable bonds is 8. The molecule has 0 spiro atoms. The Bertz CT molecular complexity index is 920. The molecule has 0 saturated heterocycles. The second-order valence-corrected chi connectivity index (χ2v) is 6.70. The molecule has 2 N–H and O–H groups in total. The van der Waals surface area contributed by atoms with Crippen LogP contribution in [0.1, 0.15) is 29.8 Å². The van der Waals surface area contributed by atoms with Gasteiger partial charge in [0.25, 0.3) is 17.5 Å². The number of amides is 2. The number of nitro groups is 1. The summed E-state index contributed by atoms with van der Waals surface area (Å²) in [7, 11) is 1.52. The number of ether oxygens (including phenoxy) is 1. The van der Waals surface area contributed by atoms with E-state index in [1.165, 1.54) is 31.4 Å². The fourth-order valence-electron chi connectivity index (χ4n) is 2.38. The molecule has 0 fully saturated rings. The highest BCUT2D eigenvalue weighted by Crippen LogP contribution is 2.16. The molecule has 0 atom stereocenters. The molecule has 0 radical (unpaired) electrons. The van der Waals surface area contributed by atoms with Crippen LogP contribution in [-0.4, -0.2) is 30.4 Å². The molecule has 2 aromatic carbocycles. The van der Waals surface area contributed by atoms with Crippen LogP contribution in [0, 0.1) is 16.0 Å². The van der Waals surface area contributed by atoms with E-state index in [0.29, 0.717) is 23.4 Å². The van der Waals surface area contributed by atoms with Gasteiger partial charge in [-0.05, 0) is 41.8 Å². The maximum atomic E-state index is 12.6. The zero-order valence-corrected chi connectivity index (χ0v) is 16.5. The molecule has 2 rings (SSSR count). The first-order valence-electron chi connectivity index (χ1n) is 9.00. The Hall–Kier alpha value is -3.68. The largest absolute Gasteiger partial charge is 0.497 e. The summed E-state index contributed by atoms with van der Waals surface area (Å²) in [5, 5.41) is 16.3. The summed E-state index contributed by atoms with van der Waals surface area (Å²) in [6.07, 6.45) is 1.41. The van der Waals surface area contributed by atoms with Gasteiger partial charge in [0.15, 0.2) is 0 Å². The van der Waals surface area contributed by atoms with Gasteiger partial charge in [-0.15, -0.1) is 0 Å². The molecule has 8 nitrogen and oxygen atoms in total. The molecule has 0 aliphatic rings. The summed E-state index contributed by atoms with van der Waals surface area (Å²) in [5.74, 6) is -0.144. The van der Waals surface area contributed by atoms with Gasteiger partial charge in [-0.25, -0.2) is 0 Å². The number of hydrogen-bond acceptors (Lipinski definition) is 5. The first kappa shape index (κ1) is 21.6. The van der Waals surface area contributed by atoms with E-state index in [4.69, 9.17) is 4.74 Å². The predicted octanol–water partition coefficient (Wildman–Crippen LogP) is 3.15. The van der Waals surface area contributed by atoms with Crippen LogP contribution in [-0.2, 0) is 4.79 Å². The number of hydrogen-bond donors (Lipinski definition) is 2. The number of nitrogens with zero attached hydrogens (tertiary/aromatic N) is 1. The second kappa shape index (κ2) is 10.0. The SMILES string of the molecule is COc1ccc(C(=O)N/C(=C\c2cccc([N+](=O)[O-])c2)C(=O)NCC(C)C)cc1. The zero-order chi connectivity index (χ0) is 21.4. The number of benzene rings is 2. The van der Waals surface area contributed by atoms with Crippen molar-refractivity contribution in [2.75, 3.05) is 13.7 Å². The molecule has 0 bridgehead atoms. The van der Waals surface area contributed by atoms with Crippen LogP contribution >= 0.6 is 0 Å². The number of carbonyl (C=O) groups is 2. The third-order valence-corrected chi connectivity index (χ3v) is 3.91. The molecule has 2 aromatic rings. The molecule has 0 aliphatic heterocycles. The number of carbonyl (C=O) groups excluding carboxylic acids is 2. The van der Waals surface area contributed by atoms with Crippen molar-refractivity contribution >= 4 is 23.6 Å². The predicted molar refractivity (Wildman–Crippen MR) is 109 cm³/mol. The van der Waals surface area contributed by atoms with E-state index in [1.54, 1.807) is 30.3 Å². The average Bonchev–Trinajstić information content (AvgIpc) is 2.71. The molecule has 2 amide bonds. The highest BCUT2D eigenvalue weighted by molar-refractivity contribution is 6.05. The molecular weight excluding hydrogens is 374 g/mol. The Morgan fingerprint density at radius 3 is 2.45 bits per heavy atom. The Morgan fingerprint density at radius 1 is 1.17 bits per heavy atom. The number of methoxy groups -OCH3 is 1. The van der Waals surface area contributed by atoms with E-state index in [-0.39, 0.29) is 17.3 Å². The lowest BCUT2D eigenvalue weighted by Crippen LogP contribution is -2.36. The Labute approximate surface area is 168 Å². The molecule has 29 heavy (non-hydrogen) atoms. The van der Waals surface area contributed by atoms with Gasteiger partial charge in [0.05, 0.1) is 12.0 Å². The van der Waals surface area contributed by atoms with Crippen LogP contribution in [0.3, 0.4) is 0 Å². The first-order valence-corrected chi connectivity index (χ1v) is 9.00. The minimum absolute atomic E-state index is 0.00744. The van der Waals surface area contributed by atoms with Crippen molar-refractivity contribution in [1.29, 1.82) is 0 Å². The first-order chi connectivity index (χ1) is 13.8. The summed E-state index contributed by atoms with van der Waals surface area (Å²) < 4.78 is 5.07. The van der Waals surface area contributed by atoms with E-state index in [0.717, 1.165) is 0 Å². The number of non-ortho nitro benzene ring substituents is 1. The normalized spacial score (nSPS) is 11.1. The van der Waals surface area contributed by atoms with E-state index in [9.17, 15) is 19.7 Å². The minimum Gasteiger partial charge on any atom is -0.497 e. The lowest BCUT2D eigenvalue weighted by Gasteiger charge is -2.12. The van der Waals surface area contributed by atoms with Crippen molar-refractivity contribution in [3.63, 3.8) is 0 Å². The topological polar surface area (TPSA) is 111 Å². The Morgan fingerprint density at radius 2 is 1.86 bits per heavy atom. The van der Waals surface area contributed by atoms with Gasteiger partial charge in [0, 0.05) is 24.2 Å². The maximum Gasteiger partial charge on any atom is 0.270 e. The Balaban J connectivity index is 2.30. The van der Waals surface area contributed by atoms with Crippen LogP contribution in [0.25, 0.3) is 6.08 Å². The second-order valence-electron chi connectivity index (χ2n) is 6.70. The van der Waals surface area contributed by atoms with Crippen LogP contribution in [0.5, 0.6) is 5.75 Å². The monoisotopic (exact) mass is 397 g/mol. The zero-order valence-electron chi connectivity index (χ0n) is 16.5. The van der Waals surface area contributed by atoms with Gasteiger partial charge >= 0.3 is 0 Å². The van der Waals surface area contributed by atoms with Crippen LogP contribution < -0.4 is 15.4 Å². The molecule has 0 heterocycles. The van der Waals surface area contributed by atoms with E-state index < -0.39 is 16.7 Å². The van der Waals surface area contributed by atoms with Gasteiger partial charge in [-0.2, -0.15) is 0 Å². The molecule has 0 aromatic heterocycles. The maximum absolute atomic E-state index is 12.6. The van der Waals surface area contributed by atoms with Crippen molar-refractivity contribution in [2.24, 2.45) is 5.92 Å². The third kappa shape index (κ3) is 6.46. The lowest BCUT2D eigenvalue weighted by molar-refractivity contribution is -0.384. The Kier molecular flexibility index (Phi) is 7.47. The summed E-state index contributed by atoms with van der Waals surface area (Å²) in [5.41, 5.74) is 0.644. The fourth-order valence-corrected chi connectivity index (χ4v) is 2.38. The summed E-state index contributed by atoms with van der Waals surface area (Å²) in [4.78, 5) is 35.6. The summed E-state index contributed by atoms with van der Waals surface area (Å²) >= 11 is 0. The molecule has 152 valence electrons. The van der Waals surface area contributed by atoms with E-state index in [2.05, 4.69) is 10.6 Å². The summed E-state index contributed by atoms with van der Waals surface area (Å²) in [6.45, 7) is 4.31. The van der Waals surface area contributed by atoms with Gasteiger partial charge in [0.2, 0.25) is 0 Å². The third-order valence-electron chi connectivity index (χ3n) is 3.91. The number of nitro benzene ring substituents is 1. The molecule has 0 unspecified atom stereocenters. The molecular formula is C21H23N3O5. The minimum atomic E-state index is -0.522. The van der Waals surface area contributed by atoms with Crippen LogP contribution in [0.2, 0.25) is 0 Å². The summed E-state index contributed by atoms with van der Waals surface area (Å²) in [6, 6.07) is 12.2. The average molecular weight is 397 g/mol. The van der Waals surface area contributed by atoms with Crippen LogP contribution in [0.4, 0.5) is 5.69 Å². The van der Waals surface area contributed by atoms with Crippen molar-refractivity contribution in [3.05, 3.63) is 75.5 Å². The van der Waals surface area contributed by atoms with Crippen molar-refractivity contribution in [2.45, 2.75) is 13.8 Å². The highest BCUT2D eigenvalue weighted by Gasteiger charge is 2.16. The fraction of sp³-hybridized carbons (Fsp3) is 0.238. The van der Waals surface area contributed by atoms with Crippen molar-refractivity contribution in [3.8, 4) is 5.75 Å². The molecule has 0 saturated carbocycles.